The van der Waals surface area contributed by atoms with E-state index in [9.17, 15) is 18.4 Å². The molecule has 0 saturated carbocycles. The summed E-state index contributed by atoms with van der Waals surface area (Å²) in [5.74, 6) is -0.746. The first kappa shape index (κ1) is 24.0. The second-order valence-electron chi connectivity index (χ2n) is 7.60. The number of rotatable bonds is 9. The first-order valence-electron chi connectivity index (χ1n) is 10.1. The lowest BCUT2D eigenvalue weighted by molar-refractivity contribution is -0.134. The van der Waals surface area contributed by atoms with Crippen molar-refractivity contribution in [1.29, 1.82) is 0 Å². The van der Waals surface area contributed by atoms with Gasteiger partial charge in [-0.05, 0) is 47.0 Å². The molecular weight excluding hydrogens is 452 g/mol. The maximum Gasteiger partial charge on any atom is 0.262 e. The van der Waals surface area contributed by atoms with Crippen molar-refractivity contribution in [2.75, 3.05) is 13.2 Å². The number of fused-ring (bicyclic) bond motifs is 1. The average molecular weight is 477 g/mol. The second kappa shape index (κ2) is 10.3. The van der Waals surface area contributed by atoms with Gasteiger partial charge in [0.25, 0.3) is 5.91 Å². The molecule has 1 atom stereocenters. The summed E-state index contributed by atoms with van der Waals surface area (Å²) in [5.41, 5.74) is 1.59. The summed E-state index contributed by atoms with van der Waals surface area (Å²) in [7, 11) is -4.10. The minimum atomic E-state index is -4.10. The molecule has 1 amide bonds. The van der Waals surface area contributed by atoms with E-state index in [2.05, 4.69) is 0 Å². The molecular formula is C23H25ClN2O5S. The van der Waals surface area contributed by atoms with Crippen LogP contribution in [-0.4, -0.2) is 43.0 Å². The summed E-state index contributed by atoms with van der Waals surface area (Å²) >= 11 is 5.97. The van der Waals surface area contributed by atoms with Gasteiger partial charge in [0.1, 0.15) is 18.4 Å². The highest BCUT2D eigenvalue weighted by Gasteiger charge is 2.38. The van der Waals surface area contributed by atoms with Gasteiger partial charge >= 0.3 is 0 Å². The second-order valence-corrected chi connectivity index (χ2v) is 9.92. The van der Waals surface area contributed by atoms with Gasteiger partial charge < -0.3 is 4.74 Å². The molecule has 0 aromatic heterocycles. The highest BCUT2D eigenvalue weighted by molar-refractivity contribution is 7.89. The fourth-order valence-electron chi connectivity index (χ4n) is 3.51. The third-order valence-electron chi connectivity index (χ3n) is 5.02. The van der Waals surface area contributed by atoms with Crippen LogP contribution in [0.3, 0.4) is 0 Å². The smallest absolute Gasteiger partial charge is 0.262 e. The van der Waals surface area contributed by atoms with Gasteiger partial charge in [0.15, 0.2) is 0 Å². The third-order valence-corrected chi connectivity index (χ3v) is 7.14. The summed E-state index contributed by atoms with van der Waals surface area (Å²) in [5, 5.41) is 11.4. The molecule has 0 saturated heterocycles. The lowest BCUT2D eigenvalue weighted by Gasteiger charge is -2.31. The van der Waals surface area contributed by atoms with E-state index in [1.54, 1.807) is 55.7 Å². The van der Waals surface area contributed by atoms with Crippen LogP contribution in [0.2, 0.25) is 5.02 Å². The van der Waals surface area contributed by atoms with Gasteiger partial charge in [-0.3, -0.25) is 10.0 Å². The summed E-state index contributed by atoms with van der Waals surface area (Å²) in [6.45, 7) is 3.29. The molecule has 0 heterocycles. The van der Waals surface area contributed by atoms with Crippen LogP contribution in [0.5, 0.6) is 5.75 Å². The van der Waals surface area contributed by atoms with Crippen molar-refractivity contribution in [3.63, 3.8) is 0 Å². The standard InChI is InChI=1S/C23H25ClN2O5S/c1-16(2)22(23(27)25-28)26(12-13-31-20-9-5-8-19(24)15-20)32(29,30)21-11-10-17-6-3-4-7-18(17)14-21/h3-11,14-16,22,28H,12-13H2,1-2H3,(H,25,27). The van der Waals surface area contributed by atoms with Crippen LogP contribution in [0.25, 0.3) is 10.8 Å². The number of nitrogens with one attached hydrogen (secondary N) is 1. The van der Waals surface area contributed by atoms with Gasteiger partial charge in [-0.15, -0.1) is 0 Å². The first-order chi connectivity index (χ1) is 15.2. The predicted octanol–water partition coefficient (Wildman–Crippen LogP) is 4.09. The molecule has 7 nitrogen and oxygen atoms in total. The molecule has 3 rings (SSSR count). The molecule has 0 aliphatic heterocycles. The van der Waals surface area contributed by atoms with Crippen molar-refractivity contribution in [2.45, 2.75) is 24.8 Å². The molecule has 0 fully saturated rings. The molecule has 3 aromatic rings. The Morgan fingerprint density at radius 1 is 1.06 bits per heavy atom. The number of amides is 1. The van der Waals surface area contributed by atoms with E-state index in [0.29, 0.717) is 10.8 Å². The Balaban J connectivity index is 1.96. The molecule has 9 heteroatoms. The monoisotopic (exact) mass is 476 g/mol. The molecule has 0 spiro atoms. The molecule has 1 unspecified atom stereocenters. The molecule has 0 radical (unpaired) electrons. The molecule has 0 aliphatic carbocycles. The number of hydroxylamine groups is 1. The Morgan fingerprint density at radius 2 is 1.78 bits per heavy atom. The highest BCUT2D eigenvalue weighted by Crippen LogP contribution is 2.26. The zero-order valence-corrected chi connectivity index (χ0v) is 19.3. The van der Waals surface area contributed by atoms with E-state index in [-0.39, 0.29) is 18.0 Å². The number of halogens is 1. The number of nitrogens with zero attached hydrogens (tertiary/aromatic N) is 1. The van der Waals surface area contributed by atoms with Crippen LogP contribution >= 0.6 is 11.6 Å². The third kappa shape index (κ3) is 5.39. The maximum absolute atomic E-state index is 13.6. The van der Waals surface area contributed by atoms with Crippen molar-refractivity contribution in [2.24, 2.45) is 5.92 Å². The minimum absolute atomic E-state index is 0.0188. The van der Waals surface area contributed by atoms with E-state index < -0.39 is 27.9 Å². The van der Waals surface area contributed by atoms with Gasteiger partial charge in [-0.2, -0.15) is 4.31 Å². The van der Waals surface area contributed by atoms with E-state index in [1.165, 1.54) is 6.07 Å². The van der Waals surface area contributed by atoms with Crippen LogP contribution in [-0.2, 0) is 14.8 Å². The van der Waals surface area contributed by atoms with E-state index in [1.807, 2.05) is 24.3 Å². The normalized spacial score (nSPS) is 12.8. The highest BCUT2D eigenvalue weighted by atomic mass is 35.5. The van der Waals surface area contributed by atoms with Gasteiger partial charge in [0, 0.05) is 11.6 Å². The number of benzene rings is 3. The van der Waals surface area contributed by atoms with Crippen LogP contribution < -0.4 is 10.2 Å². The van der Waals surface area contributed by atoms with Crippen LogP contribution in [0, 0.1) is 5.92 Å². The van der Waals surface area contributed by atoms with Gasteiger partial charge in [-0.1, -0.05) is 61.8 Å². The quantitative estimate of drug-likeness (QED) is 0.358. The predicted molar refractivity (Wildman–Crippen MR) is 123 cm³/mol. The Hall–Kier alpha value is -2.65. The van der Waals surface area contributed by atoms with Crippen molar-refractivity contribution in [1.82, 2.24) is 9.79 Å². The molecule has 0 aliphatic rings. The summed E-state index contributed by atoms with van der Waals surface area (Å²) in [6.07, 6.45) is 0. The van der Waals surface area contributed by atoms with Gasteiger partial charge in [0.2, 0.25) is 10.0 Å². The number of hydrogen-bond acceptors (Lipinski definition) is 5. The van der Waals surface area contributed by atoms with Crippen molar-refractivity contribution >= 4 is 38.3 Å². The number of carbonyl (C=O) groups excluding carboxylic acids is 1. The molecule has 0 bridgehead atoms. The largest absolute Gasteiger partial charge is 0.492 e. The summed E-state index contributed by atoms with van der Waals surface area (Å²) in [4.78, 5) is 12.5. The van der Waals surface area contributed by atoms with E-state index >= 15 is 0 Å². The number of hydrogen-bond donors (Lipinski definition) is 2. The van der Waals surface area contributed by atoms with E-state index in [0.717, 1.165) is 15.1 Å². The average Bonchev–Trinajstić information content (AvgIpc) is 2.77. The fraction of sp³-hybridized carbons (Fsp3) is 0.261. The lowest BCUT2D eigenvalue weighted by atomic mass is 10.0. The van der Waals surface area contributed by atoms with Crippen LogP contribution in [0.4, 0.5) is 0 Å². The van der Waals surface area contributed by atoms with Crippen molar-refractivity contribution in [3.8, 4) is 5.75 Å². The van der Waals surface area contributed by atoms with Gasteiger partial charge in [-0.25, -0.2) is 13.9 Å². The number of ether oxygens (including phenoxy) is 1. The Morgan fingerprint density at radius 3 is 2.44 bits per heavy atom. The first-order valence-corrected chi connectivity index (χ1v) is 11.9. The SMILES string of the molecule is CC(C)C(C(=O)NO)N(CCOc1cccc(Cl)c1)S(=O)(=O)c1ccc2ccccc2c1. The molecule has 3 aromatic carbocycles. The number of carbonyl (C=O) groups is 1. The number of sulfonamides is 1. The Bertz CT molecular complexity index is 1200. The topological polar surface area (TPSA) is 95.9 Å². The Labute approximate surface area is 192 Å². The minimum Gasteiger partial charge on any atom is -0.492 e. The van der Waals surface area contributed by atoms with E-state index in [4.69, 9.17) is 16.3 Å². The summed E-state index contributed by atoms with van der Waals surface area (Å²) in [6, 6.07) is 17.8. The maximum atomic E-state index is 13.6. The van der Waals surface area contributed by atoms with Crippen molar-refractivity contribution < 1.29 is 23.2 Å². The molecule has 2 N–H and O–H groups in total. The molecule has 32 heavy (non-hydrogen) atoms. The van der Waals surface area contributed by atoms with Crippen molar-refractivity contribution in [3.05, 3.63) is 71.8 Å². The zero-order chi connectivity index (χ0) is 23.3. The van der Waals surface area contributed by atoms with Crippen LogP contribution in [0.15, 0.2) is 71.6 Å². The Kier molecular flexibility index (Phi) is 7.73. The lowest BCUT2D eigenvalue weighted by Crippen LogP contribution is -2.52. The molecule has 170 valence electrons. The van der Waals surface area contributed by atoms with Gasteiger partial charge in [0.05, 0.1) is 4.90 Å². The fourth-order valence-corrected chi connectivity index (χ4v) is 5.43. The summed E-state index contributed by atoms with van der Waals surface area (Å²) < 4.78 is 34.0. The zero-order valence-electron chi connectivity index (χ0n) is 17.7. The van der Waals surface area contributed by atoms with Crippen LogP contribution in [0.1, 0.15) is 13.8 Å².